The Morgan fingerprint density at radius 1 is 1.17 bits per heavy atom. The van der Waals surface area contributed by atoms with Gasteiger partial charge in [0.25, 0.3) is 11.8 Å². The fourth-order valence-corrected chi connectivity index (χ4v) is 4.18. The van der Waals surface area contributed by atoms with Crippen molar-refractivity contribution in [3.05, 3.63) is 59.4 Å². The van der Waals surface area contributed by atoms with Crippen LogP contribution in [0.15, 0.2) is 42.5 Å². The summed E-state index contributed by atoms with van der Waals surface area (Å²) in [6.45, 7) is 6.12. The molecule has 194 valence electrons. The van der Waals surface area contributed by atoms with E-state index in [0.29, 0.717) is 17.9 Å². The van der Waals surface area contributed by atoms with Crippen molar-refractivity contribution in [2.45, 2.75) is 39.3 Å². The minimum atomic E-state index is -0.588. The number of rotatable bonds is 4. The monoisotopic (exact) mass is 499 g/mol. The number of benzene rings is 2. The number of nitrogens with zero attached hydrogens (tertiary/aromatic N) is 2. The van der Waals surface area contributed by atoms with Crippen molar-refractivity contribution in [2.75, 3.05) is 39.2 Å². The molecule has 2 aromatic rings. The highest BCUT2D eigenvalue weighted by Gasteiger charge is 2.31. The number of likely N-dealkylation sites (N-methyl/N-ethyl adjacent to an activating group) is 1. The zero-order valence-corrected chi connectivity index (χ0v) is 21.4. The molecule has 3 atom stereocenters. The lowest BCUT2D eigenvalue weighted by atomic mass is 10.0. The average molecular weight is 500 g/mol. The van der Waals surface area contributed by atoms with Crippen LogP contribution < -0.4 is 10.1 Å². The molecule has 3 rings (SSSR count). The van der Waals surface area contributed by atoms with Gasteiger partial charge in [0.1, 0.15) is 18.2 Å². The van der Waals surface area contributed by atoms with E-state index in [1.54, 1.807) is 56.3 Å². The van der Waals surface area contributed by atoms with Crippen molar-refractivity contribution in [2.24, 2.45) is 5.92 Å². The van der Waals surface area contributed by atoms with Crippen LogP contribution >= 0.6 is 0 Å². The number of carbonyl (C=O) groups is 3. The third-order valence-electron chi connectivity index (χ3n) is 6.41. The first-order valence-corrected chi connectivity index (χ1v) is 12.1. The highest BCUT2D eigenvalue weighted by Crippen LogP contribution is 2.27. The number of hydrogen-bond acceptors (Lipinski definition) is 5. The number of ether oxygens (including phenoxy) is 2. The Balaban J connectivity index is 2.00. The number of methoxy groups -OCH3 is 1. The molecule has 3 amide bonds. The van der Waals surface area contributed by atoms with Gasteiger partial charge in [0.2, 0.25) is 5.91 Å². The number of halogens is 1. The SMILES string of the molecule is CCC(=O)Nc1ccc2c(c1)C(=O)N(C)C[C@@H](OC)[C@@H](C)CN(C(=O)c1ccccc1F)[C@H](C)CO2. The van der Waals surface area contributed by atoms with Crippen molar-refractivity contribution < 1.29 is 28.2 Å². The summed E-state index contributed by atoms with van der Waals surface area (Å²) < 4.78 is 26.2. The van der Waals surface area contributed by atoms with E-state index < -0.39 is 17.8 Å². The maximum atomic E-state index is 14.5. The van der Waals surface area contributed by atoms with Gasteiger partial charge < -0.3 is 24.6 Å². The third kappa shape index (κ3) is 6.20. The normalized spacial score (nSPS) is 21.1. The largest absolute Gasteiger partial charge is 0.491 e. The van der Waals surface area contributed by atoms with Crippen LogP contribution in [-0.4, -0.2) is 73.5 Å². The van der Waals surface area contributed by atoms with Gasteiger partial charge in [-0.3, -0.25) is 14.4 Å². The molecule has 1 aliphatic heterocycles. The van der Waals surface area contributed by atoms with Gasteiger partial charge in [0, 0.05) is 45.3 Å². The average Bonchev–Trinajstić information content (AvgIpc) is 2.87. The minimum absolute atomic E-state index is 0.0124. The van der Waals surface area contributed by atoms with Crippen LogP contribution in [0.5, 0.6) is 5.75 Å². The number of hydrogen-bond donors (Lipinski definition) is 1. The molecule has 0 saturated heterocycles. The Morgan fingerprint density at radius 3 is 2.56 bits per heavy atom. The molecule has 0 aromatic heterocycles. The lowest BCUT2D eigenvalue weighted by molar-refractivity contribution is -0.115. The summed E-state index contributed by atoms with van der Waals surface area (Å²) >= 11 is 0. The standard InChI is InChI=1S/C27H34FN3O5/c1-6-25(32)29-19-11-12-23-21(13-19)26(33)30(4)15-24(35-5)17(2)14-31(18(3)16-36-23)27(34)20-9-7-8-10-22(20)28/h7-13,17-18,24H,6,14-16H2,1-5H3,(H,29,32)/t17-,18+,24+/m0/s1. The minimum Gasteiger partial charge on any atom is -0.491 e. The van der Waals surface area contributed by atoms with E-state index in [1.165, 1.54) is 17.0 Å². The zero-order chi connectivity index (χ0) is 26.4. The van der Waals surface area contributed by atoms with E-state index >= 15 is 0 Å². The second-order valence-corrected chi connectivity index (χ2v) is 9.15. The zero-order valence-electron chi connectivity index (χ0n) is 21.4. The molecule has 1 N–H and O–H groups in total. The second kappa shape index (κ2) is 12.0. The first-order valence-electron chi connectivity index (χ1n) is 12.1. The lowest BCUT2D eigenvalue weighted by Gasteiger charge is -2.36. The van der Waals surface area contributed by atoms with Crippen molar-refractivity contribution >= 4 is 23.4 Å². The fraction of sp³-hybridized carbons (Fsp3) is 0.444. The Hall–Kier alpha value is -3.46. The van der Waals surface area contributed by atoms with Gasteiger partial charge in [0.15, 0.2) is 0 Å². The van der Waals surface area contributed by atoms with E-state index in [-0.39, 0.29) is 54.7 Å². The Kier molecular flexibility index (Phi) is 9.03. The van der Waals surface area contributed by atoms with Gasteiger partial charge in [-0.15, -0.1) is 0 Å². The Labute approximate surface area is 211 Å². The van der Waals surface area contributed by atoms with Gasteiger partial charge in [-0.2, -0.15) is 0 Å². The van der Waals surface area contributed by atoms with Gasteiger partial charge in [-0.05, 0) is 37.3 Å². The van der Waals surface area contributed by atoms with Crippen LogP contribution in [0.4, 0.5) is 10.1 Å². The molecule has 2 aromatic carbocycles. The van der Waals surface area contributed by atoms with E-state index in [4.69, 9.17) is 9.47 Å². The summed E-state index contributed by atoms with van der Waals surface area (Å²) in [4.78, 5) is 41.8. The molecule has 0 spiro atoms. The van der Waals surface area contributed by atoms with Gasteiger partial charge in [-0.25, -0.2) is 4.39 Å². The Morgan fingerprint density at radius 2 is 1.89 bits per heavy atom. The highest BCUT2D eigenvalue weighted by molar-refractivity contribution is 5.99. The molecule has 1 aliphatic rings. The molecule has 9 heteroatoms. The van der Waals surface area contributed by atoms with Crippen LogP contribution in [0.2, 0.25) is 0 Å². The molecule has 8 nitrogen and oxygen atoms in total. The van der Waals surface area contributed by atoms with Crippen molar-refractivity contribution in [1.29, 1.82) is 0 Å². The van der Waals surface area contributed by atoms with E-state index in [1.807, 2.05) is 13.8 Å². The number of fused-ring (bicyclic) bond motifs is 1. The summed E-state index contributed by atoms with van der Waals surface area (Å²) in [5, 5.41) is 2.77. The molecule has 0 fully saturated rings. The number of nitrogens with one attached hydrogen (secondary N) is 1. The predicted octanol–water partition coefficient (Wildman–Crippen LogP) is 3.82. The van der Waals surface area contributed by atoms with Crippen molar-refractivity contribution in [3.63, 3.8) is 0 Å². The number of amides is 3. The first kappa shape index (κ1) is 27.1. The van der Waals surface area contributed by atoms with E-state index in [9.17, 15) is 18.8 Å². The topological polar surface area (TPSA) is 88.2 Å². The molecule has 0 saturated carbocycles. The predicted molar refractivity (Wildman–Crippen MR) is 135 cm³/mol. The first-order chi connectivity index (χ1) is 17.2. The van der Waals surface area contributed by atoms with Gasteiger partial charge >= 0.3 is 0 Å². The van der Waals surface area contributed by atoms with E-state index in [2.05, 4.69) is 5.32 Å². The van der Waals surface area contributed by atoms with Crippen LogP contribution in [0.25, 0.3) is 0 Å². The van der Waals surface area contributed by atoms with Crippen LogP contribution in [0.1, 0.15) is 47.9 Å². The fourth-order valence-electron chi connectivity index (χ4n) is 4.18. The summed E-state index contributed by atoms with van der Waals surface area (Å²) in [6, 6.07) is 10.3. The highest BCUT2D eigenvalue weighted by atomic mass is 19.1. The molecule has 36 heavy (non-hydrogen) atoms. The third-order valence-corrected chi connectivity index (χ3v) is 6.41. The molecule has 0 aliphatic carbocycles. The summed E-state index contributed by atoms with van der Waals surface area (Å²) in [5.74, 6) is -1.32. The van der Waals surface area contributed by atoms with Crippen LogP contribution in [0.3, 0.4) is 0 Å². The quantitative estimate of drug-likeness (QED) is 0.691. The smallest absolute Gasteiger partial charge is 0.257 e. The summed E-state index contributed by atoms with van der Waals surface area (Å²) in [7, 11) is 3.23. The maximum absolute atomic E-state index is 14.5. The number of carbonyl (C=O) groups excluding carboxylic acids is 3. The molecule has 1 heterocycles. The van der Waals surface area contributed by atoms with Crippen molar-refractivity contribution in [1.82, 2.24) is 9.80 Å². The Bertz CT molecular complexity index is 1110. The second-order valence-electron chi connectivity index (χ2n) is 9.15. The van der Waals surface area contributed by atoms with Crippen LogP contribution in [0, 0.1) is 11.7 Å². The van der Waals surface area contributed by atoms with Gasteiger partial charge in [-0.1, -0.05) is 26.0 Å². The van der Waals surface area contributed by atoms with E-state index in [0.717, 1.165) is 0 Å². The lowest BCUT2D eigenvalue weighted by Crippen LogP contribution is -2.48. The molecule has 0 radical (unpaired) electrons. The molecule has 0 bridgehead atoms. The molecular formula is C27H34FN3O5. The number of anilines is 1. The van der Waals surface area contributed by atoms with Gasteiger partial charge in [0.05, 0.1) is 23.3 Å². The summed E-state index contributed by atoms with van der Waals surface area (Å²) in [6.07, 6.45) is -0.0769. The van der Waals surface area contributed by atoms with Crippen molar-refractivity contribution in [3.8, 4) is 5.75 Å². The maximum Gasteiger partial charge on any atom is 0.257 e. The summed E-state index contributed by atoms with van der Waals surface area (Å²) in [5.41, 5.74) is 0.759. The molecular weight excluding hydrogens is 465 g/mol. The van der Waals surface area contributed by atoms with Crippen LogP contribution in [-0.2, 0) is 9.53 Å². The molecule has 0 unspecified atom stereocenters.